The molecule has 4 heterocycles. The molecule has 8 aromatic rings. The Kier molecular flexibility index (Phi) is 6.22. The van der Waals surface area contributed by atoms with E-state index in [1.165, 1.54) is 32.8 Å². The van der Waals surface area contributed by atoms with Crippen molar-refractivity contribution in [1.29, 1.82) is 0 Å². The van der Waals surface area contributed by atoms with Crippen molar-refractivity contribution in [1.82, 2.24) is 0 Å². The van der Waals surface area contributed by atoms with Crippen molar-refractivity contribution in [3.63, 3.8) is 0 Å². The van der Waals surface area contributed by atoms with Gasteiger partial charge in [0.15, 0.2) is 0 Å². The molecule has 8 heteroatoms. The lowest BCUT2D eigenvalue weighted by Crippen LogP contribution is -2.54. The topological polar surface area (TPSA) is 39.2 Å². The molecule has 0 atom stereocenters. The van der Waals surface area contributed by atoms with Crippen LogP contribution >= 0.6 is 0 Å². The van der Waals surface area contributed by atoms with Gasteiger partial charge < -0.3 is 28.1 Å². The van der Waals surface area contributed by atoms with E-state index in [4.69, 9.17) is 8.83 Å². The molecule has 2 aliphatic heterocycles. The molecule has 0 unspecified atom stereocenters. The van der Waals surface area contributed by atoms with Crippen LogP contribution in [0.5, 0.6) is 0 Å². The monoisotopic (exact) mass is 648 g/mol. The number of furan rings is 2. The van der Waals surface area contributed by atoms with Crippen LogP contribution < -0.4 is 30.2 Å². The van der Waals surface area contributed by atoms with E-state index in [9.17, 15) is 0 Å². The van der Waals surface area contributed by atoms with Gasteiger partial charge in [-0.05, 0) is 98.2 Å². The molecule has 10 rings (SSSR count). The van der Waals surface area contributed by atoms with Gasteiger partial charge >= 0.3 is 14.0 Å². The third-order valence-corrected chi connectivity index (χ3v) is 10.5. The highest BCUT2D eigenvalue weighted by atomic mass is 16.4. The maximum Gasteiger partial charge on any atom is 0.418 e. The summed E-state index contributed by atoms with van der Waals surface area (Å²) in [7, 11) is 4.27. The van der Waals surface area contributed by atoms with Crippen molar-refractivity contribution in [2.24, 2.45) is 0 Å². The molecule has 0 fully saturated rings. The van der Waals surface area contributed by atoms with E-state index >= 15 is 0 Å². The summed E-state index contributed by atoms with van der Waals surface area (Å²) in [6.45, 7) is 4.14. The largest absolute Gasteiger partial charge is 0.439 e. The van der Waals surface area contributed by atoms with E-state index in [0.717, 1.165) is 56.5 Å². The minimum Gasteiger partial charge on any atom is -0.439 e. The highest BCUT2D eigenvalue weighted by molar-refractivity contribution is 6.84. The molecule has 0 amide bonds. The molecule has 0 aliphatic carbocycles. The van der Waals surface area contributed by atoms with Gasteiger partial charge in [-0.25, -0.2) is 0 Å². The highest BCUT2D eigenvalue weighted by Crippen LogP contribution is 2.50. The summed E-state index contributed by atoms with van der Waals surface area (Å²) in [4.78, 5) is 9.39. The lowest BCUT2D eigenvalue weighted by molar-refractivity contribution is 0.623. The Bertz CT molecular complexity index is 2420. The molecule has 0 spiro atoms. The van der Waals surface area contributed by atoms with E-state index in [1.54, 1.807) is 0 Å². The number of benzene rings is 6. The lowest BCUT2D eigenvalue weighted by atomic mass is 9.63. The average molecular weight is 648 g/mol. The number of aryl methyl sites for hydroxylation is 2. The second kappa shape index (κ2) is 10.7. The van der Waals surface area contributed by atoms with Gasteiger partial charge in [0.1, 0.15) is 22.5 Å². The van der Waals surface area contributed by atoms with Gasteiger partial charge in [0.25, 0.3) is 0 Å². The normalized spacial score (nSPS) is 14.2. The first-order valence-corrected chi connectivity index (χ1v) is 17.2. The molecule has 6 aromatic carbocycles. The quantitative estimate of drug-likeness (QED) is 0.178. The zero-order valence-electron chi connectivity index (χ0n) is 28.5. The van der Waals surface area contributed by atoms with Crippen molar-refractivity contribution in [3.05, 3.63) is 145 Å². The minimum absolute atomic E-state index is 0.0671. The molecule has 2 aliphatic rings. The van der Waals surface area contributed by atoms with Crippen LogP contribution in [0.25, 0.3) is 32.7 Å². The van der Waals surface area contributed by atoms with Crippen molar-refractivity contribution in [2.45, 2.75) is 13.8 Å². The van der Waals surface area contributed by atoms with E-state index in [2.05, 4.69) is 181 Å². The van der Waals surface area contributed by atoms with Gasteiger partial charge in [0.05, 0.1) is 0 Å². The van der Waals surface area contributed by atoms with Crippen LogP contribution in [0.15, 0.2) is 142 Å². The number of fused-ring (bicyclic) bond motifs is 7. The summed E-state index contributed by atoms with van der Waals surface area (Å²) < 4.78 is 13.0. The Morgan fingerprint density at radius 3 is 1.30 bits per heavy atom. The van der Waals surface area contributed by atoms with Gasteiger partial charge in [0.2, 0.25) is 11.8 Å². The molecule has 0 saturated heterocycles. The van der Waals surface area contributed by atoms with Crippen LogP contribution in [0.2, 0.25) is 0 Å². The van der Waals surface area contributed by atoms with Crippen LogP contribution in [0.3, 0.4) is 0 Å². The summed E-state index contributed by atoms with van der Waals surface area (Å²) in [6.07, 6.45) is 0. The van der Waals surface area contributed by atoms with Crippen LogP contribution in [0.1, 0.15) is 11.1 Å². The zero-order chi connectivity index (χ0) is 33.7. The molecule has 0 saturated carbocycles. The first-order valence-electron chi connectivity index (χ1n) is 17.2. The van der Waals surface area contributed by atoms with Gasteiger partial charge in [-0.15, -0.1) is 0 Å². The van der Waals surface area contributed by atoms with Gasteiger partial charge in [-0.1, -0.05) is 96.1 Å². The van der Waals surface area contributed by atoms with Crippen LogP contribution in [0.4, 0.5) is 34.5 Å². The van der Waals surface area contributed by atoms with Crippen molar-refractivity contribution in [3.8, 4) is 0 Å². The van der Waals surface area contributed by atoms with Gasteiger partial charge in [-0.2, -0.15) is 0 Å². The highest BCUT2D eigenvalue weighted by Gasteiger charge is 2.46. The SMILES string of the molecule is Cc1ccc2oc3c(c2c1)N(c1ccccc1)B(c1ccc2cc(B4N(C)c5oc6ccc(C)cc6c5N4c4ccccc4)ccc2c1)N3C. The average Bonchev–Trinajstić information content (AvgIpc) is 3.86. The zero-order valence-corrected chi connectivity index (χ0v) is 28.5. The third kappa shape index (κ3) is 4.18. The maximum atomic E-state index is 6.52. The predicted octanol–water partition coefficient (Wildman–Crippen LogP) is 8.92. The van der Waals surface area contributed by atoms with E-state index < -0.39 is 0 Å². The number of nitrogens with zero attached hydrogens (tertiary/aromatic N) is 4. The van der Waals surface area contributed by atoms with Gasteiger partial charge in [-0.3, -0.25) is 0 Å². The Morgan fingerprint density at radius 1 is 0.460 bits per heavy atom. The molecule has 6 nitrogen and oxygen atoms in total. The first kappa shape index (κ1) is 29.0. The number of hydrogen-bond donors (Lipinski definition) is 0. The smallest absolute Gasteiger partial charge is 0.418 e. The van der Waals surface area contributed by atoms with Gasteiger partial charge in [0, 0.05) is 22.1 Å². The number of rotatable bonds is 4. The third-order valence-electron chi connectivity index (χ3n) is 10.5. The fourth-order valence-electron chi connectivity index (χ4n) is 8.20. The number of para-hydroxylation sites is 2. The minimum atomic E-state index is -0.0671. The molecule has 2 aromatic heterocycles. The Labute approximate surface area is 292 Å². The Morgan fingerprint density at radius 2 is 0.880 bits per heavy atom. The van der Waals surface area contributed by atoms with Crippen molar-refractivity contribution < 1.29 is 8.83 Å². The molecule has 0 bridgehead atoms. The van der Waals surface area contributed by atoms with Crippen molar-refractivity contribution in [2.75, 3.05) is 33.3 Å². The molecule has 240 valence electrons. The molecule has 0 radical (unpaired) electrons. The number of anilines is 6. The molecule has 0 N–H and O–H groups in total. The summed E-state index contributed by atoms with van der Waals surface area (Å²) in [6, 6.07) is 47.9. The lowest BCUT2D eigenvalue weighted by Gasteiger charge is -2.29. The predicted molar refractivity (Wildman–Crippen MR) is 211 cm³/mol. The van der Waals surface area contributed by atoms with E-state index in [1.807, 2.05) is 0 Å². The summed E-state index contributed by atoms with van der Waals surface area (Å²) in [5.74, 6) is 1.78. The summed E-state index contributed by atoms with van der Waals surface area (Å²) in [5.41, 5.74) is 11.1. The fraction of sp³-hybridized carbons (Fsp3) is 0.0952. The Balaban J connectivity index is 1.07. The van der Waals surface area contributed by atoms with Crippen molar-refractivity contribution >= 4 is 92.1 Å². The van der Waals surface area contributed by atoms with Crippen LogP contribution in [-0.4, -0.2) is 28.1 Å². The number of hydrogen-bond acceptors (Lipinski definition) is 6. The second-order valence-corrected chi connectivity index (χ2v) is 13.8. The first-order chi connectivity index (χ1) is 24.4. The second-order valence-electron chi connectivity index (χ2n) is 13.8. The van der Waals surface area contributed by atoms with Crippen LogP contribution in [-0.2, 0) is 0 Å². The molecule has 50 heavy (non-hydrogen) atoms. The molecular weight excluding hydrogens is 614 g/mol. The standard InChI is InChI=1S/C42H34B2N4O2/c1-27-15-21-37-35(23-27)39-41(49-37)45(3)43(47(39)33-11-7-5-8-12-33)31-19-17-30-26-32(20-18-29(30)25-31)44-46(4)42-40(48(44)34-13-9-6-10-14-34)36-24-28(2)16-22-38(36)50-42/h5-26H,1-4H3. The maximum absolute atomic E-state index is 6.52. The van der Waals surface area contributed by atoms with E-state index in [0.29, 0.717) is 0 Å². The Hall–Kier alpha value is -6.01. The summed E-state index contributed by atoms with van der Waals surface area (Å²) in [5, 5.41) is 4.66. The molecular formula is C42H34B2N4O2. The van der Waals surface area contributed by atoms with E-state index in [-0.39, 0.29) is 14.0 Å². The fourth-order valence-corrected chi connectivity index (χ4v) is 8.20. The van der Waals surface area contributed by atoms with Crippen LogP contribution in [0, 0.1) is 13.8 Å². The summed E-state index contributed by atoms with van der Waals surface area (Å²) >= 11 is 0.